The Morgan fingerprint density at radius 3 is 2.56 bits per heavy atom. The summed E-state index contributed by atoms with van der Waals surface area (Å²) in [5.41, 5.74) is 1.11. The van der Waals surface area contributed by atoms with Gasteiger partial charge in [-0.15, -0.1) is 11.8 Å². The fourth-order valence-corrected chi connectivity index (χ4v) is 3.64. The molecule has 2 aliphatic carbocycles. The van der Waals surface area contributed by atoms with Crippen LogP contribution in [0.1, 0.15) is 31.4 Å². The lowest BCUT2D eigenvalue weighted by Gasteiger charge is -2.17. The molecule has 0 saturated heterocycles. The molecule has 2 saturated carbocycles. The van der Waals surface area contributed by atoms with Gasteiger partial charge in [-0.1, -0.05) is 0 Å². The van der Waals surface area contributed by atoms with Gasteiger partial charge in [0.05, 0.1) is 10.7 Å². The number of aryl methyl sites for hydroxylation is 2. The van der Waals surface area contributed by atoms with Crippen molar-refractivity contribution in [2.24, 2.45) is 18.9 Å². The summed E-state index contributed by atoms with van der Waals surface area (Å²) in [6.45, 7) is 3.19. The van der Waals surface area contributed by atoms with Crippen LogP contribution >= 0.6 is 11.8 Å². The van der Waals surface area contributed by atoms with E-state index in [-0.39, 0.29) is 0 Å². The van der Waals surface area contributed by atoms with E-state index in [9.17, 15) is 0 Å². The SMILES string of the molecule is Cc1cc(SCCNC(C2CC2)C2CC2)n(C)n1. The molecule has 2 aliphatic rings. The summed E-state index contributed by atoms with van der Waals surface area (Å²) in [7, 11) is 2.03. The molecule has 1 aromatic rings. The fourth-order valence-electron chi connectivity index (χ4n) is 2.73. The van der Waals surface area contributed by atoms with Crippen molar-refractivity contribution < 1.29 is 0 Å². The lowest BCUT2D eigenvalue weighted by atomic mass is 10.1. The second-order valence-corrected chi connectivity index (χ2v) is 6.87. The molecule has 18 heavy (non-hydrogen) atoms. The summed E-state index contributed by atoms with van der Waals surface area (Å²) >= 11 is 1.91. The van der Waals surface area contributed by atoms with E-state index in [1.807, 2.05) is 23.5 Å². The Kier molecular flexibility index (Phi) is 3.66. The Balaban J connectivity index is 1.40. The molecule has 0 aromatic carbocycles. The third-order valence-corrected chi connectivity index (χ3v) is 5.04. The van der Waals surface area contributed by atoms with Crippen LogP contribution in [0.3, 0.4) is 0 Å². The highest BCUT2D eigenvalue weighted by molar-refractivity contribution is 7.99. The van der Waals surface area contributed by atoms with Crippen molar-refractivity contribution in [3.05, 3.63) is 11.8 Å². The van der Waals surface area contributed by atoms with Crippen LogP contribution in [0.2, 0.25) is 0 Å². The molecule has 0 atom stereocenters. The molecule has 0 unspecified atom stereocenters. The molecule has 0 radical (unpaired) electrons. The summed E-state index contributed by atoms with van der Waals surface area (Å²) < 4.78 is 1.99. The van der Waals surface area contributed by atoms with Crippen LogP contribution in [-0.4, -0.2) is 28.1 Å². The first-order valence-corrected chi connectivity index (χ1v) is 8.09. The van der Waals surface area contributed by atoms with Gasteiger partial charge in [0.1, 0.15) is 0 Å². The molecule has 1 N–H and O–H groups in total. The van der Waals surface area contributed by atoms with Gasteiger partial charge in [-0.3, -0.25) is 4.68 Å². The van der Waals surface area contributed by atoms with Crippen molar-refractivity contribution in [2.75, 3.05) is 12.3 Å². The van der Waals surface area contributed by atoms with Crippen LogP contribution < -0.4 is 5.32 Å². The van der Waals surface area contributed by atoms with Crippen molar-refractivity contribution in [1.29, 1.82) is 0 Å². The van der Waals surface area contributed by atoms with E-state index in [1.165, 1.54) is 30.7 Å². The zero-order valence-electron chi connectivity index (χ0n) is 11.4. The number of aromatic nitrogens is 2. The van der Waals surface area contributed by atoms with Crippen LogP contribution in [-0.2, 0) is 7.05 Å². The maximum absolute atomic E-state index is 4.38. The van der Waals surface area contributed by atoms with Gasteiger partial charge in [-0.05, 0) is 50.5 Å². The summed E-state index contributed by atoms with van der Waals surface area (Å²) in [5, 5.41) is 9.45. The summed E-state index contributed by atoms with van der Waals surface area (Å²) in [5.74, 6) is 3.15. The summed E-state index contributed by atoms with van der Waals surface area (Å²) in [6.07, 6.45) is 5.84. The van der Waals surface area contributed by atoms with Crippen LogP contribution in [0.15, 0.2) is 11.1 Å². The first-order valence-electron chi connectivity index (χ1n) is 7.11. The first-order chi connectivity index (χ1) is 8.74. The molecule has 0 aliphatic heterocycles. The Labute approximate surface area is 114 Å². The van der Waals surface area contributed by atoms with E-state index >= 15 is 0 Å². The molecule has 2 fully saturated rings. The van der Waals surface area contributed by atoms with Gasteiger partial charge in [0.15, 0.2) is 0 Å². The average molecular weight is 265 g/mol. The summed E-state index contributed by atoms with van der Waals surface area (Å²) in [6, 6.07) is 3.00. The van der Waals surface area contributed by atoms with Gasteiger partial charge in [0.25, 0.3) is 0 Å². The number of thioether (sulfide) groups is 1. The molecule has 100 valence electrons. The topological polar surface area (TPSA) is 29.9 Å². The second-order valence-electron chi connectivity index (χ2n) is 5.75. The molecule has 0 bridgehead atoms. The number of nitrogens with zero attached hydrogens (tertiary/aromatic N) is 2. The van der Waals surface area contributed by atoms with E-state index in [4.69, 9.17) is 0 Å². The largest absolute Gasteiger partial charge is 0.313 e. The minimum absolute atomic E-state index is 0.832. The third-order valence-electron chi connectivity index (χ3n) is 3.95. The number of hydrogen-bond donors (Lipinski definition) is 1. The van der Waals surface area contributed by atoms with Crippen molar-refractivity contribution in [1.82, 2.24) is 15.1 Å². The van der Waals surface area contributed by atoms with Gasteiger partial charge >= 0.3 is 0 Å². The van der Waals surface area contributed by atoms with Crippen LogP contribution in [0.25, 0.3) is 0 Å². The zero-order valence-corrected chi connectivity index (χ0v) is 12.2. The number of hydrogen-bond acceptors (Lipinski definition) is 3. The highest BCUT2D eigenvalue weighted by Gasteiger charge is 2.40. The molecule has 3 rings (SSSR count). The zero-order chi connectivity index (χ0) is 12.5. The van der Waals surface area contributed by atoms with Crippen molar-refractivity contribution >= 4 is 11.8 Å². The van der Waals surface area contributed by atoms with Crippen LogP contribution in [0, 0.1) is 18.8 Å². The lowest BCUT2D eigenvalue weighted by molar-refractivity contribution is 0.429. The standard InChI is InChI=1S/C14H23N3S/c1-10-9-13(17(2)16-10)18-8-7-15-14(11-3-4-11)12-5-6-12/h9,11-12,14-15H,3-8H2,1-2H3. The van der Waals surface area contributed by atoms with Crippen LogP contribution in [0.5, 0.6) is 0 Å². The van der Waals surface area contributed by atoms with E-state index < -0.39 is 0 Å². The summed E-state index contributed by atoms with van der Waals surface area (Å²) in [4.78, 5) is 0. The van der Waals surface area contributed by atoms with Crippen molar-refractivity contribution in [3.8, 4) is 0 Å². The van der Waals surface area contributed by atoms with E-state index in [0.29, 0.717) is 0 Å². The highest BCUT2D eigenvalue weighted by atomic mass is 32.2. The highest BCUT2D eigenvalue weighted by Crippen LogP contribution is 2.44. The van der Waals surface area contributed by atoms with E-state index in [2.05, 4.69) is 23.4 Å². The van der Waals surface area contributed by atoms with E-state index in [1.54, 1.807) is 0 Å². The predicted octanol–water partition coefficient (Wildman–Crippen LogP) is 2.60. The van der Waals surface area contributed by atoms with Gasteiger partial charge in [-0.25, -0.2) is 0 Å². The number of rotatable bonds is 7. The molecule has 3 nitrogen and oxygen atoms in total. The minimum atomic E-state index is 0.832. The van der Waals surface area contributed by atoms with Gasteiger partial charge < -0.3 is 5.32 Å². The fraction of sp³-hybridized carbons (Fsp3) is 0.786. The lowest BCUT2D eigenvalue weighted by Crippen LogP contribution is -2.34. The molecular formula is C14H23N3S. The molecule has 0 spiro atoms. The number of nitrogens with one attached hydrogen (secondary N) is 1. The quantitative estimate of drug-likeness (QED) is 0.607. The van der Waals surface area contributed by atoms with E-state index in [0.717, 1.165) is 35.9 Å². The van der Waals surface area contributed by atoms with Gasteiger partial charge in [0.2, 0.25) is 0 Å². The molecule has 1 aromatic heterocycles. The van der Waals surface area contributed by atoms with Gasteiger partial charge in [-0.2, -0.15) is 5.10 Å². The monoisotopic (exact) mass is 265 g/mol. The van der Waals surface area contributed by atoms with Crippen LogP contribution in [0.4, 0.5) is 0 Å². The minimum Gasteiger partial charge on any atom is -0.313 e. The Morgan fingerprint density at radius 1 is 1.39 bits per heavy atom. The molecule has 4 heteroatoms. The smallest absolute Gasteiger partial charge is 0.0939 e. The third kappa shape index (κ3) is 3.09. The van der Waals surface area contributed by atoms with Gasteiger partial charge in [0, 0.05) is 25.4 Å². The normalized spacial score (nSPS) is 19.7. The predicted molar refractivity (Wildman–Crippen MR) is 75.9 cm³/mol. The maximum atomic E-state index is 4.38. The maximum Gasteiger partial charge on any atom is 0.0939 e. The first kappa shape index (κ1) is 12.5. The Bertz CT molecular complexity index is 395. The average Bonchev–Trinajstić information content (AvgIpc) is 3.21. The molecular weight excluding hydrogens is 242 g/mol. The second kappa shape index (κ2) is 5.25. The molecule has 1 heterocycles. The Morgan fingerprint density at radius 2 is 2.06 bits per heavy atom. The Hall–Kier alpha value is -0.480. The van der Waals surface area contributed by atoms with Crippen molar-refractivity contribution in [2.45, 2.75) is 43.7 Å². The molecule has 0 amide bonds. The van der Waals surface area contributed by atoms with Crippen molar-refractivity contribution in [3.63, 3.8) is 0 Å².